The summed E-state index contributed by atoms with van der Waals surface area (Å²) in [5.74, 6) is 1.50. The number of thiocarbonyl (C=S) groups is 1. The summed E-state index contributed by atoms with van der Waals surface area (Å²) < 4.78 is 11.2. The van der Waals surface area contributed by atoms with Crippen molar-refractivity contribution in [2.45, 2.75) is 13.0 Å². The highest BCUT2D eigenvalue weighted by Gasteiger charge is 2.16. The smallest absolute Gasteiger partial charge is 0.171 e. The van der Waals surface area contributed by atoms with Crippen LogP contribution in [-0.2, 0) is 0 Å². The molecule has 4 nitrogen and oxygen atoms in total. The summed E-state index contributed by atoms with van der Waals surface area (Å²) in [5, 5.41) is 7.26. The highest BCUT2D eigenvalue weighted by atomic mass is 32.1. The van der Waals surface area contributed by atoms with Crippen LogP contribution in [0.25, 0.3) is 0 Å². The van der Waals surface area contributed by atoms with Gasteiger partial charge in [0.2, 0.25) is 0 Å². The zero-order chi connectivity index (χ0) is 19.3. The third-order valence-corrected chi connectivity index (χ3v) is 4.80. The van der Waals surface area contributed by atoms with Gasteiger partial charge in [0, 0.05) is 11.8 Å². The van der Waals surface area contributed by atoms with Gasteiger partial charge < -0.3 is 20.1 Å². The van der Waals surface area contributed by atoms with Gasteiger partial charge in [-0.3, -0.25) is 0 Å². The maximum Gasteiger partial charge on any atom is 0.171 e. The lowest BCUT2D eigenvalue weighted by atomic mass is 9.97. The molecule has 5 heteroatoms. The van der Waals surface area contributed by atoms with Gasteiger partial charge in [0.25, 0.3) is 0 Å². The van der Waals surface area contributed by atoms with E-state index in [9.17, 15) is 0 Å². The maximum atomic E-state index is 5.65. The van der Waals surface area contributed by atoms with Crippen LogP contribution in [-0.4, -0.2) is 18.3 Å². The van der Waals surface area contributed by atoms with Crippen molar-refractivity contribution in [3.8, 4) is 11.5 Å². The molecule has 2 N–H and O–H groups in total. The Morgan fingerprint density at radius 1 is 0.857 bits per heavy atom. The first kappa shape index (κ1) is 18.3. The molecule has 0 spiro atoms. The van der Waals surface area contributed by atoms with Crippen LogP contribution < -0.4 is 20.1 Å². The fourth-order valence-electron chi connectivity index (χ4n) is 3.27. The summed E-state index contributed by atoms with van der Waals surface area (Å²) in [5.41, 5.74) is 4.39. The number of aryl methyl sites for hydroxylation is 1. The fourth-order valence-corrected chi connectivity index (χ4v) is 3.51. The summed E-state index contributed by atoms with van der Waals surface area (Å²) >= 11 is 5.61. The molecule has 0 radical (unpaired) electrons. The van der Waals surface area contributed by atoms with Gasteiger partial charge in [-0.1, -0.05) is 60.2 Å². The third kappa shape index (κ3) is 4.26. The lowest BCUT2D eigenvalue weighted by molar-refractivity contribution is 0.171. The van der Waals surface area contributed by atoms with E-state index in [1.54, 1.807) is 0 Å². The molecule has 1 aliphatic heterocycles. The van der Waals surface area contributed by atoms with Gasteiger partial charge in [0.05, 0.1) is 6.04 Å². The second-order valence-corrected chi connectivity index (χ2v) is 7.12. The molecular formula is C23H22N2O2S. The number of hydrogen-bond acceptors (Lipinski definition) is 3. The number of nitrogens with one attached hydrogen (secondary N) is 2. The van der Waals surface area contributed by atoms with Crippen molar-refractivity contribution < 1.29 is 9.47 Å². The molecule has 3 aromatic rings. The molecule has 3 aromatic carbocycles. The Bertz CT molecular complexity index is 975. The fraction of sp³-hybridized carbons (Fsp3) is 0.174. The molecule has 0 aromatic heterocycles. The van der Waals surface area contributed by atoms with E-state index in [0.29, 0.717) is 18.3 Å². The summed E-state index contributed by atoms with van der Waals surface area (Å²) in [7, 11) is 0. The minimum Gasteiger partial charge on any atom is -0.486 e. The molecule has 0 fully saturated rings. The molecule has 4 rings (SSSR count). The quantitative estimate of drug-likeness (QED) is 0.624. The van der Waals surface area contributed by atoms with E-state index in [4.69, 9.17) is 21.7 Å². The molecule has 0 amide bonds. The lowest BCUT2D eigenvalue weighted by Crippen LogP contribution is -2.33. The molecule has 1 unspecified atom stereocenters. The van der Waals surface area contributed by atoms with Crippen molar-refractivity contribution in [3.05, 3.63) is 89.5 Å². The van der Waals surface area contributed by atoms with E-state index >= 15 is 0 Å². The second kappa shape index (κ2) is 8.31. The Morgan fingerprint density at radius 2 is 1.61 bits per heavy atom. The Morgan fingerprint density at radius 3 is 2.39 bits per heavy atom. The topological polar surface area (TPSA) is 42.5 Å². The van der Waals surface area contributed by atoms with Crippen LogP contribution in [0.1, 0.15) is 22.7 Å². The highest BCUT2D eigenvalue weighted by Crippen LogP contribution is 2.32. The average Bonchev–Trinajstić information content (AvgIpc) is 2.72. The molecule has 0 bridgehead atoms. The van der Waals surface area contributed by atoms with Crippen LogP contribution in [0.2, 0.25) is 0 Å². The zero-order valence-electron chi connectivity index (χ0n) is 15.6. The van der Waals surface area contributed by atoms with Crippen LogP contribution >= 0.6 is 12.2 Å². The summed E-state index contributed by atoms with van der Waals surface area (Å²) in [4.78, 5) is 0. The van der Waals surface area contributed by atoms with Crippen molar-refractivity contribution in [2.75, 3.05) is 18.5 Å². The monoisotopic (exact) mass is 390 g/mol. The van der Waals surface area contributed by atoms with Gasteiger partial charge in [-0.25, -0.2) is 0 Å². The molecular weight excluding hydrogens is 368 g/mol. The first-order valence-corrected chi connectivity index (χ1v) is 9.68. The first-order chi connectivity index (χ1) is 13.7. The molecule has 28 heavy (non-hydrogen) atoms. The van der Waals surface area contributed by atoms with E-state index in [0.717, 1.165) is 28.3 Å². The number of hydrogen-bond donors (Lipinski definition) is 2. The number of fused-ring (bicyclic) bond motifs is 1. The van der Waals surface area contributed by atoms with Crippen molar-refractivity contribution in [1.82, 2.24) is 5.32 Å². The molecule has 142 valence electrons. The van der Waals surface area contributed by atoms with Gasteiger partial charge in [-0.2, -0.15) is 0 Å². The van der Waals surface area contributed by atoms with Gasteiger partial charge in [-0.15, -0.1) is 0 Å². The zero-order valence-corrected chi connectivity index (χ0v) is 16.5. The predicted molar refractivity (Wildman–Crippen MR) is 116 cm³/mol. The van der Waals surface area contributed by atoms with E-state index < -0.39 is 0 Å². The van der Waals surface area contributed by atoms with Crippen LogP contribution in [0.15, 0.2) is 72.8 Å². The molecule has 0 saturated heterocycles. The largest absolute Gasteiger partial charge is 0.486 e. The Kier molecular flexibility index (Phi) is 5.44. The van der Waals surface area contributed by atoms with Crippen LogP contribution in [0, 0.1) is 6.92 Å². The number of rotatable bonds is 4. The number of ether oxygens (including phenoxy) is 2. The minimum atomic E-state index is -0.0432. The van der Waals surface area contributed by atoms with E-state index in [1.807, 2.05) is 36.4 Å². The molecule has 1 heterocycles. The Balaban J connectivity index is 1.54. The van der Waals surface area contributed by atoms with Crippen LogP contribution in [0.5, 0.6) is 11.5 Å². The Hall–Kier alpha value is -3.05. The third-order valence-electron chi connectivity index (χ3n) is 4.58. The SMILES string of the molecule is Cc1cccc(C(NC(=S)Nc2ccc3c(c2)OCCO3)c2ccccc2)c1. The summed E-state index contributed by atoms with van der Waals surface area (Å²) in [6, 6.07) is 24.5. The highest BCUT2D eigenvalue weighted by molar-refractivity contribution is 7.80. The van der Waals surface area contributed by atoms with Crippen molar-refractivity contribution in [3.63, 3.8) is 0 Å². The van der Waals surface area contributed by atoms with E-state index in [-0.39, 0.29) is 6.04 Å². The van der Waals surface area contributed by atoms with Gasteiger partial charge >= 0.3 is 0 Å². The van der Waals surface area contributed by atoms with Crippen LogP contribution in [0.4, 0.5) is 5.69 Å². The number of anilines is 1. The second-order valence-electron chi connectivity index (χ2n) is 6.71. The predicted octanol–water partition coefficient (Wildman–Crippen LogP) is 4.84. The summed E-state index contributed by atoms with van der Waals surface area (Å²) in [6.07, 6.45) is 0. The molecule has 0 aliphatic carbocycles. The summed E-state index contributed by atoms with van der Waals surface area (Å²) in [6.45, 7) is 3.23. The molecule has 1 atom stereocenters. The van der Waals surface area contributed by atoms with Crippen molar-refractivity contribution in [1.29, 1.82) is 0 Å². The lowest BCUT2D eigenvalue weighted by Gasteiger charge is -2.23. The molecule has 0 saturated carbocycles. The Labute approximate surface area is 170 Å². The van der Waals surface area contributed by atoms with E-state index in [1.165, 1.54) is 5.56 Å². The molecule has 1 aliphatic rings. The van der Waals surface area contributed by atoms with Crippen molar-refractivity contribution in [2.24, 2.45) is 0 Å². The standard InChI is InChI=1S/C23H22N2O2S/c1-16-6-5-9-18(14-16)22(17-7-3-2-4-8-17)25-23(28)24-19-10-11-20-21(15-19)27-13-12-26-20/h2-11,14-15,22H,12-13H2,1H3,(H2,24,25,28). The van der Waals surface area contributed by atoms with Crippen LogP contribution in [0.3, 0.4) is 0 Å². The van der Waals surface area contributed by atoms with Gasteiger partial charge in [-0.05, 0) is 42.4 Å². The van der Waals surface area contributed by atoms with Crippen molar-refractivity contribution >= 4 is 23.0 Å². The van der Waals surface area contributed by atoms with E-state index in [2.05, 4.69) is 54.0 Å². The first-order valence-electron chi connectivity index (χ1n) is 9.28. The minimum absolute atomic E-state index is 0.0432. The van der Waals surface area contributed by atoms with Gasteiger partial charge in [0.15, 0.2) is 16.6 Å². The number of benzene rings is 3. The normalized spacial score (nSPS) is 13.5. The average molecular weight is 391 g/mol. The maximum absolute atomic E-state index is 5.65. The van der Waals surface area contributed by atoms with Gasteiger partial charge in [0.1, 0.15) is 13.2 Å².